The lowest BCUT2D eigenvalue weighted by molar-refractivity contribution is -0.167. The van der Waals surface area contributed by atoms with Crippen LogP contribution in [0.15, 0.2) is 0 Å². The molecule has 0 radical (unpaired) electrons. The molecule has 0 fully saturated rings. The minimum absolute atomic E-state index is 0.0618. The molecule has 6 heteroatoms. The quantitative estimate of drug-likeness (QED) is 0.0343. The molecule has 6 nitrogen and oxygen atoms in total. The number of unbranched alkanes of at least 4 members (excludes halogenated alkanes) is 51. The Bertz CT molecular complexity index is 1080. The molecule has 72 heavy (non-hydrogen) atoms. The zero-order chi connectivity index (χ0) is 52.2. The summed E-state index contributed by atoms with van der Waals surface area (Å²) in [4.78, 5) is 38.0. The molecule has 1 unspecified atom stereocenters. The van der Waals surface area contributed by atoms with Crippen LogP contribution in [0.4, 0.5) is 0 Å². The van der Waals surface area contributed by atoms with Crippen LogP contribution in [0.2, 0.25) is 0 Å². The van der Waals surface area contributed by atoms with Crippen molar-refractivity contribution in [2.24, 2.45) is 0 Å². The van der Waals surface area contributed by atoms with Crippen LogP contribution in [0.3, 0.4) is 0 Å². The Morgan fingerprint density at radius 2 is 0.375 bits per heavy atom. The van der Waals surface area contributed by atoms with E-state index < -0.39 is 6.10 Å². The molecule has 0 rings (SSSR count). The molecule has 0 aromatic rings. The average Bonchev–Trinajstić information content (AvgIpc) is 3.38. The Morgan fingerprint density at radius 3 is 0.556 bits per heavy atom. The van der Waals surface area contributed by atoms with Gasteiger partial charge in [-0.25, -0.2) is 0 Å². The fourth-order valence-electron chi connectivity index (χ4n) is 10.4. The van der Waals surface area contributed by atoms with Gasteiger partial charge in [-0.1, -0.05) is 348 Å². The predicted octanol–water partition coefficient (Wildman–Crippen LogP) is 22.3. The van der Waals surface area contributed by atoms with E-state index in [4.69, 9.17) is 14.2 Å². The maximum atomic E-state index is 12.8. The van der Waals surface area contributed by atoms with Crippen LogP contribution in [-0.2, 0) is 28.6 Å². The van der Waals surface area contributed by atoms with E-state index in [-0.39, 0.29) is 31.1 Å². The number of ether oxygens (including phenoxy) is 3. The normalized spacial score (nSPS) is 11.9. The first-order valence-corrected chi connectivity index (χ1v) is 33.0. The summed E-state index contributed by atoms with van der Waals surface area (Å²) in [5.41, 5.74) is 0. The van der Waals surface area contributed by atoms with Gasteiger partial charge in [-0.2, -0.15) is 0 Å². The third-order valence-electron chi connectivity index (χ3n) is 15.4. The fourth-order valence-corrected chi connectivity index (χ4v) is 10.4. The first-order valence-electron chi connectivity index (χ1n) is 33.0. The zero-order valence-corrected chi connectivity index (χ0v) is 49.2. The van der Waals surface area contributed by atoms with Crippen LogP contribution in [0.25, 0.3) is 0 Å². The topological polar surface area (TPSA) is 78.9 Å². The van der Waals surface area contributed by atoms with Crippen LogP contribution < -0.4 is 0 Å². The van der Waals surface area contributed by atoms with E-state index in [1.165, 1.54) is 289 Å². The molecule has 0 aromatic heterocycles. The second-order valence-electron chi connectivity index (χ2n) is 22.8. The summed E-state index contributed by atoms with van der Waals surface area (Å²) in [6, 6.07) is 0. The van der Waals surface area contributed by atoms with Crippen molar-refractivity contribution < 1.29 is 28.6 Å². The van der Waals surface area contributed by atoms with Crippen molar-refractivity contribution in [3.8, 4) is 0 Å². The lowest BCUT2D eigenvalue weighted by Crippen LogP contribution is -2.30. The van der Waals surface area contributed by atoms with Crippen molar-refractivity contribution in [1.29, 1.82) is 0 Å². The summed E-state index contributed by atoms with van der Waals surface area (Å²) >= 11 is 0. The van der Waals surface area contributed by atoms with Gasteiger partial charge in [0.1, 0.15) is 13.2 Å². The molecule has 428 valence electrons. The summed E-state index contributed by atoms with van der Waals surface area (Å²) < 4.78 is 16.8. The first-order chi connectivity index (χ1) is 35.5. The maximum absolute atomic E-state index is 12.8. The average molecular weight is 1020 g/mol. The van der Waals surface area contributed by atoms with Gasteiger partial charge < -0.3 is 14.2 Å². The molecule has 0 saturated carbocycles. The Balaban J connectivity index is 3.97. The van der Waals surface area contributed by atoms with E-state index in [9.17, 15) is 14.4 Å². The molecule has 1 atom stereocenters. The molecule has 0 spiro atoms. The van der Waals surface area contributed by atoms with E-state index in [2.05, 4.69) is 20.8 Å². The fraction of sp³-hybridized carbons (Fsp3) is 0.955. The Morgan fingerprint density at radius 1 is 0.222 bits per heavy atom. The Hall–Kier alpha value is -1.59. The van der Waals surface area contributed by atoms with Gasteiger partial charge in [-0.3, -0.25) is 14.4 Å². The van der Waals surface area contributed by atoms with E-state index in [0.29, 0.717) is 19.3 Å². The third-order valence-corrected chi connectivity index (χ3v) is 15.4. The highest BCUT2D eigenvalue weighted by molar-refractivity contribution is 5.71. The van der Waals surface area contributed by atoms with Crippen molar-refractivity contribution in [2.75, 3.05) is 13.2 Å². The molecule has 0 aromatic carbocycles. The monoisotopic (exact) mass is 1020 g/mol. The van der Waals surface area contributed by atoms with Crippen molar-refractivity contribution in [1.82, 2.24) is 0 Å². The Labute approximate surface area is 450 Å². The molecule has 0 aliphatic rings. The summed E-state index contributed by atoms with van der Waals surface area (Å²) in [6.45, 7) is 6.67. The van der Waals surface area contributed by atoms with Gasteiger partial charge in [-0.15, -0.1) is 0 Å². The van der Waals surface area contributed by atoms with E-state index in [0.717, 1.165) is 57.8 Å². The van der Waals surface area contributed by atoms with Crippen molar-refractivity contribution in [3.63, 3.8) is 0 Å². The van der Waals surface area contributed by atoms with Crippen molar-refractivity contribution in [3.05, 3.63) is 0 Å². The minimum atomic E-state index is -0.761. The summed E-state index contributed by atoms with van der Waals surface area (Å²) in [7, 11) is 0. The smallest absolute Gasteiger partial charge is 0.306 e. The second kappa shape index (κ2) is 62.0. The highest BCUT2D eigenvalue weighted by Gasteiger charge is 2.19. The zero-order valence-electron chi connectivity index (χ0n) is 49.2. The van der Waals surface area contributed by atoms with Gasteiger partial charge in [0, 0.05) is 19.3 Å². The molecular weight excluding hydrogens is 889 g/mol. The molecule has 0 saturated heterocycles. The largest absolute Gasteiger partial charge is 0.462 e. The van der Waals surface area contributed by atoms with E-state index in [1.54, 1.807) is 0 Å². The van der Waals surface area contributed by atoms with Crippen molar-refractivity contribution in [2.45, 2.75) is 393 Å². The summed E-state index contributed by atoms with van der Waals surface area (Å²) in [6.07, 6.45) is 71.7. The number of rotatable bonds is 62. The number of hydrogen-bond donors (Lipinski definition) is 0. The standard InChI is InChI=1S/C66H128O6/c1-4-7-10-13-16-18-20-22-24-26-28-30-31-32-33-34-35-37-38-40-42-44-46-48-50-53-56-59-65(68)71-62-63(61-70-64(67)58-55-52-15-12-9-6-3)72-66(69)60-57-54-51-49-47-45-43-41-39-36-29-27-25-23-21-19-17-14-11-8-5-2/h63H,4-62H2,1-3H3. The molecular formula is C66H128O6. The molecule has 0 N–H and O–H groups in total. The van der Waals surface area contributed by atoms with E-state index in [1.807, 2.05) is 0 Å². The number of carbonyl (C=O) groups is 3. The lowest BCUT2D eigenvalue weighted by atomic mass is 10.0. The summed E-state index contributed by atoms with van der Waals surface area (Å²) in [5.74, 6) is -0.840. The van der Waals surface area contributed by atoms with Crippen LogP contribution >= 0.6 is 0 Å². The Kier molecular flexibility index (Phi) is 60.6. The van der Waals surface area contributed by atoms with Crippen LogP contribution in [-0.4, -0.2) is 37.2 Å². The molecule has 0 heterocycles. The molecule has 0 amide bonds. The van der Waals surface area contributed by atoms with Crippen LogP contribution in [0.1, 0.15) is 387 Å². The molecule has 0 aliphatic heterocycles. The molecule has 0 aliphatic carbocycles. The van der Waals surface area contributed by atoms with Gasteiger partial charge in [0.25, 0.3) is 0 Å². The van der Waals surface area contributed by atoms with Gasteiger partial charge >= 0.3 is 17.9 Å². The SMILES string of the molecule is CCCCCCCCCCCCCCCCCCCCCCCCCCCCCC(=O)OCC(COC(=O)CCCCCCCC)OC(=O)CCCCCCCCCCCCCCCCCCCCCCC. The summed E-state index contributed by atoms with van der Waals surface area (Å²) in [5, 5.41) is 0. The number of carbonyl (C=O) groups excluding carboxylic acids is 3. The highest BCUT2D eigenvalue weighted by Crippen LogP contribution is 2.19. The van der Waals surface area contributed by atoms with E-state index >= 15 is 0 Å². The maximum Gasteiger partial charge on any atom is 0.306 e. The van der Waals surface area contributed by atoms with Gasteiger partial charge in [0.05, 0.1) is 0 Å². The van der Waals surface area contributed by atoms with Crippen LogP contribution in [0, 0.1) is 0 Å². The van der Waals surface area contributed by atoms with Crippen molar-refractivity contribution >= 4 is 17.9 Å². The second-order valence-corrected chi connectivity index (χ2v) is 22.8. The predicted molar refractivity (Wildman–Crippen MR) is 312 cm³/mol. The van der Waals surface area contributed by atoms with Gasteiger partial charge in [0.2, 0.25) is 0 Å². The van der Waals surface area contributed by atoms with Gasteiger partial charge in [-0.05, 0) is 19.3 Å². The third kappa shape index (κ3) is 59.3. The lowest BCUT2D eigenvalue weighted by Gasteiger charge is -2.18. The minimum Gasteiger partial charge on any atom is -0.462 e. The van der Waals surface area contributed by atoms with Crippen LogP contribution in [0.5, 0.6) is 0 Å². The van der Waals surface area contributed by atoms with Gasteiger partial charge in [0.15, 0.2) is 6.10 Å². The number of hydrogen-bond acceptors (Lipinski definition) is 6. The number of esters is 3. The molecule has 0 bridgehead atoms. The first kappa shape index (κ1) is 70.4. The highest BCUT2D eigenvalue weighted by atomic mass is 16.6.